The van der Waals surface area contributed by atoms with Crippen LogP contribution in [0, 0.1) is 6.92 Å². The van der Waals surface area contributed by atoms with Gasteiger partial charge in [-0.05, 0) is 13.8 Å². The maximum atomic E-state index is 12.0. The first-order valence-electron chi connectivity index (χ1n) is 4.85. The van der Waals surface area contributed by atoms with Gasteiger partial charge in [0.2, 0.25) is 0 Å². The van der Waals surface area contributed by atoms with Crippen LogP contribution in [0.2, 0.25) is 0 Å². The number of rotatable bonds is 4. The lowest BCUT2D eigenvalue weighted by Crippen LogP contribution is -2.27. The zero-order chi connectivity index (χ0) is 13.3. The van der Waals surface area contributed by atoms with Gasteiger partial charge in [-0.25, -0.2) is 8.42 Å². The molecule has 0 aliphatic heterocycles. The first-order chi connectivity index (χ1) is 8.40. The number of aromatic amines is 2. The summed E-state index contributed by atoms with van der Waals surface area (Å²) in [6.07, 6.45) is 0. The number of H-pyrrole nitrogens is 2. The van der Waals surface area contributed by atoms with E-state index < -0.39 is 20.9 Å². The molecular formula is C7H10N6O3S2. The van der Waals surface area contributed by atoms with Crippen LogP contribution in [0.15, 0.2) is 9.00 Å². The molecule has 2 heterocycles. The van der Waals surface area contributed by atoms with Crippen molar-refractivity contribution < 1.29 is 8.42 Å². The van der Waals surface area contributed by atoms with E-state index >= 15 is 0 Å². The Labute approximate surface area is 106 Å². The minimum Gasteiger partial charge on any atom is -0.315 e. The Kier molecular flexibility index (Phi) is 3.28. The van der Waals surface area contributed by atoms with Crippen LogP contribution in [0.4, 0.5) is 0 Å². The van der Waals surface area contributed by atoms with Gasteiger partial charge in [-0.2, -0.15) is 9.94 Å². The van der Waals surface area contributed by atoms with Gasteiger partial charge < -0.3 is 4.98 Å². The molecule has 0 bridgehead atoms. The maximum Gasteiger partial charge on any atom is 0.305 e. The minimum atomic E-state index is -3.78. The summed E-state index contributed by atoms with van der Waals surface area (Å²) in [4.78, 5) is 13.1. The third-order valence-electron chi connectivity index (χ3n) is 2.11. The molecule has 9 nitrogen and oxygen atoms in total. The summed E-state index contributed by atoms with van der Waals surface area (Å²) in [5.74, 6) is 0.221. The van der Waals surface area contributed by atoms with E-state index in [4.69, 9.17) is 0 Å². The highest BCUT2D eigenvalue weighted by molar-refractivity contribution is 7.91. The Morgan fingerprint density at radius 2 is 2.17 bits per heavy atom. The van der Waals surface area contributed by atoms with Crippen molar-refractivity contribution >= 4 is 21.4 Å². The van der Waals surface area contributed by atoms with Gasteiger partial charge >= 0.3 is 4.87 Å². The van der Waals surface area contributed by atoms with Crippen LogP contribution in [-0.2, 0) is 10.0 Å². The molecular weight excluding hydrogens is 280 g/mol. The Hall–Kier alpha value is -1.59. The van der Waals surface area contributed by atoms with Gasteiger partial charge in [0.15, 0.2) is 10.0 Å². The molecule has 0 aromatic carbocycles. The molecule has 2 aromatic heterocycles. The number of aryl methyl sites for hydroxylation is 1. The predicted octanol–water partition coefficient (Wildman–Crippen LogP) is -0.703. The molecule has 0 radical (unpaired) electrons. The van der Waals surface area contributed by atoms with E-state index in [1.54, 1.807) is 6.92 Å². The summed E-state index contributed by atoms with van der Waals surface area (Å²) in [5.41, 5.74) is 0.304. The van der Waals surface area contributed by atoms with E-state index in [0.29, 0.717) is 17.0 Å². The molecule has 18 heavy (non-hydrogen) atoms. The lowest BCUT2D eigenvalue weighted by Gasteiger charge is -2.09. The third-order valence-corrected chi connectivity index (χ3v) is 5.25. The van der Waals surface area contributed by atoms with Gasteiger partial charge in [0, 0.05) is 5.69 Å². The number of nitrogens with one attached hydrogen (secondary N) is 3. The lowest BCUT2D eigenvalue weighted by molar-refractivity contribution is 0.561. The normalized spacial score (nSPS) is 13.7. The summed E-state index contributed by atoms with van der Waals surface area (Å²) >= 11 is 0.635. The third kappa shape index (κ3) is 2.47. The van der Waals surface area contributed by atoms with Crippen molar-refractivity contribution in [3.8, 4) is 0 Å². The summed E-state index contributed by atoms with van der Waals surface area (Å²) in [7, 11) is -3.78. The van der Waals surface area contributed by atoms with Crippen molar-refractivity contribution in [2.75, 3.05) is 0 Å². The second kappa shape index (κ2) is 4.59. The van der Waals surface area contributed by atoms with Crippen LogP contribution < -0.4 is 9.60 Å². The van der Waals surface area contributed by atoms with Gasteiger partial charge in [-0.15, -0.1) is 10.2 Å². The number of hydrogen-bond donors (Lipinski definition) is 3. The highest BCUT2D eigenvalue weighted by Gasteiger charge is 2.24. The van der Waals surface area contributed by atoms with Crippen molar-refractivity contribution in [1.82, 2.24) is 30.3 Å². The monoisotopic (exact) mass is 290 g/mol. The molecule has 0 fully saturated rings. The summed E-state index contributed by atoms with van der Waals surface area (Å²) in [6.45, 7) is 3.10. The molecule has 98 valence electrons. The van der Waals surface area contributed by atoms with Crippen LogP contribution in [0.25, 0.3) is 0 Å². The Morgan fingerprint density at radius 1 is 1.44 bits per heavy atom. The smallest absolute Gasteiger partial charge is 0.305 e. The second-order valence-corrected chi connectivity index (χ2v) is 6.43. The molecule has 0 aliphatic rings. The molecule has 1 unspecified atom stereocenters. The zero-order valence-corrected chi connectivity index (χ0v) is 11.1. The number of aromatic nitrogens is 5. The van der Waals surface area contributed by atoms with Crippen molar-refractivity contribution in [2.45, 2.75) is 24.1 Å². The molecule has 3 N–H and O–H groups in total. The zero-order valence-electron chi connectivity index (χ0n) is 9.46. The first-order valence-corrected chi connectivity index (χ1v) is 7.15. The standard InChI is InChI=1S/C7H10N6O3S2/c1-3(5-9-12-13-10-5)11-18(15,16)6-4(2)8-7(14)17-6/h3,11H,1-2H3,(H,8,14)(H,9,10,12,13). The summed E-state index contributed by atoms with van der Waals surface area (Å²) in [6, 6.07) is -0.648. The quantitative estimate of drug-likeness (QED) is 0.681. The molecule has 0 saturated heterocycles. The fourth-order valence-corrected chi connectivity index (χ4v) is 3.86. The Morgan fingerprint density at radius 3 is 2.67 bits per heavy atom. The molecule has 0 amide bonds. The van der Waals surface area contributed by atoms with E-state index in [2.05, 4.69) is 30.3 Å². The number of nitrogens with zero attached hydrogens (tertiary/aromatic N) is 3. The first kappa shape index (κ1) is 12.9. The average molecular weight is 290 g/mol. The fraction of sp³-hybridized carbons (Fsp3) is 0.429. The minimum absolute atomic E-state index is 0.0390. The fourth-order valence-electron chi connectivity index (χ4n) is 1.34. The molecule has 0 saturated carbocycles. The maximum absolute atomic E-state index is 12.0. The molecule has 11 heteroatoms. The van der Waals surface area contributed by atoms with Crippen LogP contribution in [-0.4, -0.2) is 34.0 Å². The average Bonchev–Trinajstić information content (AvgIpc) is 2.86. The van der Waals surface area contributed by atoms with Crippen molar-refractivity contribution in [3.05, 3.63) is 21.2 Å². The molecule has 0 spiro atoms. The van der Waals surface area contributed by atoms with Crippen LogP contribution in [0.3, 0.4) is 0 Å². The van der Waals surface area contributed by atoms with E-state index in [1.165, 1.54) is 6.92 Å². The van der Waals surface area contributed by atoms with E-state index in [0.717, 1.165) is 0 Å². The summed E-state index contributed by atoms with van der Waals surface area (Å²) < 4.78 is 26.4. The van der Waals surface area contributed by atoms with Crippen molar-refractivity contribution in [1.29, 1.82) is 0 Å². The van der Waals surface area contributed by atoms with Crippen molar-refractivity contribution in [2.24, 2.45) is 0 Å². The van der Waals surface area contributed by atoms with Gasteiger partial charge in [0.1, 0.15) is 0 Å². The molecule has 1 atom stereocenters. The Bertz CT molecular complexity index is 685. The molecule has 2 rings (SSSR count). The number of sulfonamides is 1. The van der Waals surface area contributed by atoms with Crippen molar-refractivity contribution in [3.63, 3.8) is 0 Å². The van der Waals surface area contributed by atoms with Gasteiger partial charge in [0.25, 0.3) is 10.0 Å². The largest absolute Gasteiger partial charge is 0.315 e. The van der Waals surface area contributed by atoms with Gasteiger partial charge in [-0.1, -0.05) is 16.6 Å². The second-order valence-electron chi connectivity index (χ2n) is 3.54. The number of tetrazole rings is 1. The highest BCUT2D eigenvalue weighted by Crippen LogP contribution is 2.18. The van der Waals surface area contributed by atoms with Crippen LogP contribution in [0.1, 0.15) is 24.5 Å². The van der Waals surface area contributed by atoms with E-state index in [1.807, 2.05) is 0 Å². The van der Waals surface area contributed by atoms with Gasteiger partial charge in [-0.3, -0.25) is 4.79 Å². The Balaban J connectivity index is 2.28. The molecule has 0 aliphatic carbocycles. The van der Waals surface area contributed by atoms with E-state index in [9.17, 15) is 13.2 Å². The number of thiazole rings is 1. The molecule has 2 aromatic rings. The van der Waals surface area contributed by atoms with E-state index in [-0.39, 0.29) is 10.0 Å². The van der Waals surface area contributed by atoms with Crippen LogP contribution >= 0.6 is 11.3 Å². The lowest BCUT2D eigenvalue weighted by atomic mass is 10.4. The highest BCUT2D eigenvalue weighted by atomic mass is 32.2. The summed E-state index contributed by atoms with van der Waals surface area (Å²) in [5, 5.41) is 12.9. The topological polar surface area (TPSA) is 133 Å². The van der Waals surface area contributed by atoms with Crippen LogP contribution in [0.5, 0.6) is 0 Å². The number of hydrogen-bond acceptors (Lipinski definition) is 7. The predicted molar refractivity (Wildman–Crippen MR) is 62.6 cm³/mol. The van der Waals surface area contributed by atoms with Gasteiger partial charge in [0.05, 0.1) is 6.04 Å². The SMILES string of the molecule is Cc1[nH]c(=O)sc1S(=O)(=O)NC(C)c1nn[nH]n1.